The van der Waals surface area contributed by atoms with Gasteiger partial charge in [0.1, 0.15) is 5.78 Å². The molecule has 0 aromatic heterocycles. The molecule has 0 unspecified atom stereocenters. The Morgan fingerprint density at radius 2 is 1.69 bits per heavy atom. The first-order valence-electron chi connectivity index (χ1n) is 4.75. The summed E-state index contributed by atoms with van der Waals surface area (Å²) >= 11 is 0. The van der Waals surface area contributed by atoms with Crippen molar-refractivity contribution in [1.82, 2.24) is 0 Å². The van der Waals surface area contributed by atoms with Crippen molar-refractivity contribution in [2.24, 2.45) is 5.92 Å². The van der Waals surface area contributed by atoms with E-state index in [4.69, 9.17) is 0 Å². The van der Waals surface area contributed by atoms with Crippen LogP contribution in [0.1, 0.15) is 39.5 Å². The Morgan fingerprint density at radius 1 is 1.15 bits per heavy atom. The maximum atomic E-state index is 11.4. The Morgan fingerprint density at radius 3 is 2.08 bits per heavy atom. The number of methoxy groups -OCH3 is 1. The van der Waals surface area contributed by atoms with Crippen LogP contribution in [-0.4, -0.2) is 18.9 Å². The lowest BCUT2D eigenvalue weighted by Gasteiger charge is -2.09. The van der Waals surface area contributed by atoms with Crippen LogP contribution in [0.25, 0.3) is 0 Å². The molecule has 0 aliphatic rings. The fraction of sp³-hybridized carbons (Fsp3) is 0.800. The van der Waals surface area contributed by atoms with Gasteiger partial charge >= 0.3 is 5.97 Å². The van der Waals surface area contributed by atoms with E-state index in [2.05, 4.69) is 4.74 Å². The average Bonchev–Trinajstić information content (AvgIpc) is 2.16. The van der Waals surface area contributed by atoms with E-state index in [9.17, 15) is 9.59 Å². The predicted octanol–water partition coefficient (Wildman–Crippen LogP) is 1.94. The van der Waals surface area contributed by atoms with E-state index in [0.29, 0.717) is 6.42 Å². The molecule has 3 nitrogen and oxygen atoms in total. The zero-order valence-corrected chi connectivity index (χ0v) is 8.63. The van der Waals surface area contributed by atoms with Crippen molar-refractivity contribution in [2.75, 3.05) is 7.11 Å². The highest BCUT2D eigenvalue weighted by Crippen LogP contribution is 2.12. The minimum atomic E-state index is -0.306. The molecule has 0 heterocycles. The summed E-state index contributed by atoms with van der Waals surface area (Å²) in [6, 6.07) is 0. The monoisotopic (exact) mass is 186 g/mol. The third-order valence-electron chi connectivity index (χ3n) is 2.24. The van der Waals surface area contributed by atoms with Crippen LogP contribution in [-0.2, 0) is 14.3 Å². The molecule has 76 valence electrons. The molecule has 0 atom stereocenters. The van der Waals surface area contributed by atoms with Gasteiger partial charge in [-0.2, -0.15) is 0 Å². The third-order valence-corrected chi connectivity index (χ3v) is 2.24. The summed E-state index contributed by atoms with van der Waals surface area (Å²) in [5, 5.41) is 0. The van der Waals surface area contributed by atoms with Gasteiger partial charge in [-0.3, -0.25) is 9.59 Å². The number of carbonyl (C=O) groups is 2. The van der Waals surface area contributed by atoms with Crippen molar-refractivity contribution in [3.05, 3.63) is 0 Å². The maximum Gasteiger partial charge on any atom is 0.305 e. The lowest BCUT2D eigenvalue weighted by atomic mass is 9.95. The topological polar surface area (TPSA) is 43.4 Å². The van der Waals surface area contributed by atoms with Crippen molar-refractivity contribution in [3.63, 3.8) is 0 Å². The van der Waals surface area contributed by atoms with E-state index in [0.717, 1.165) is 12.8 Å². The van der Waals surface area contributed by atoms with Gasteiger partial charge in [0, 0.05) is 12.3 Å². The predicted molar refractivity (Wildman–Crippen MR) is 50.3 cm³/mol. The average molecular weight is 186 g/mol. The van der Waals surface area contributed by atoms with E-state index < -0.39 is 0 Å². The summed E-state index contributed by atoms with van der Waals surface area (Å²) in [5.41, 5.74) is 0. The van der Waals surface area contributed by atoms with Crippen LogP contribution in [0, 0.1) is 5.92 Å². The van der Waals surface area contributed by atoms with Crippen LogP contribution >= 0.6 is 0 Å². The maximum absolute atomic E-state index is 11.4. The summed E-state index contributed by atoms with van der Waals surface area (Å²) in [6.45, 7) is 3.98. The summed E-state index contributed by atoms with van der Waals surface area (Å²) in [7, 11) is 1.34. The molecule has 0 spiro atoms. The molecule has 3 heteroatoms. The highest BCUT2D eigenvalue weighted by atomic mass is 16.5. The lowest BCUT2D eigenvalue weighted by molar-refractivity contribution is -0.142. The Balaban J connectivity index is 3.79. The molecule has 13 heavy (non-hydrogen) atoms. The third kappa shape index (κ3) is 4.65. The van der Waals surface area contributed by atoms with Crippen LogP contribution in [0.15, 0.2) is 0 Å². The molecule has 0 saturated carbocycles. The second-order valence-electron chi connectivity index (χ2n) is 3.06. The van der Waals surface area contributed by atoms with Gasteiger partial charge in [-0.1, -0.05) is 13.8 Å². The number of Topliss-reactive ketones (excluding diaryl/α,β-unsaturated/α-hetero) is 1. The first-order valence-corrected chi connectivity index (χ1v) is 4.75. The van der Waals surface area contributed by atoms with Crippen LogP contribution in [0.4, 0.5) is 0 Å². The summed E-state index contributed by atoms with van der Waals surface area (Å²) in [5.74, 6) is -0.0145. The molecule has 0 N–H and O–H groups in total. The molecule has 0 aromatic carbocycles. The lowest BCUT2D eigenvalue weighted by Crippen LogP contribution is -2.14. The molecule has 0 radical (unpaired) electrons. The molecule has 0 saturated heterocycles. The molecule has 0 bridgehead atoms. The second kappa shape index (κ2) is 6.63. The quantitative estimate of drug-likeness (QED) is 0.595. The van der Waals surface area contributed by atoms with E-state index >= 15 is 0 Å². The van der Waals surface area contributed by atoms with Crippen molar-refractivity contribution in [2.45, 2.75) is 39.5 Å². The normalized spacial score (nSPS) is 10.2. The molecule has 0 amide bonds. The molecule has 0 aliphatic heterocycles. The van der Waals surface area contributed by atoms with Crippen LogP contribution < -0.4 is 0 Å². The van der Waals surface area contributed by atoms with E-state index in [1.54, 1.807) is 0 Å². The van der Waals surface area contributed by atoms with Crippen molar-refractivity contribution in [1.29, 1.82) is 0 Å². The van der Waals surface area contributed by atoms with E-state index in [1.807, 2.05) is 13.8 Å². The smallest absolute Gasteiger partial charge is 0.305 e. The van der Waals surface area contributed by atoms with Gasteiger partial charge in [0.25, 0.3) is 0 Å². The van der Waals surface area contributed by atoms with Gasteiger partial charge in [0.2, 0.25) is 0 Å². The first-order chi connectivity index (χ1) is 6.15. The SMILES string of the molecule is CCC(CC)C(=O)CCC(=O)OC. The molecular weight excluding hydrogens is 168 g/mol. The van der Waals surface area contributed by atoms with Gasteiger partial charge in [0.05, 0.1) is 13.5 Å². The molecular formula is C10H18O3. The fourth-order valence-corrected chi connectivity index (χ4v) is 1.28. The number of rotatable bonds is 6. The molecule has 0 fully saturated rings. The zero-order valence-electron chi connectivity index (χ0n) is 8.63. The fourth-order valence-electron chi connectivity index (χ4n) is 1.28. The Hall–Kier alpha value is -0.860. The molecule has 0 aliphatic carbocycles. The van der Waals surface area contributed by atoms with Gasteiger partial charge in [-0.05, 0) is 12.8 Å². The van der Waals surface area contributed by atoms with Crippen LogP contribution in [0.2, 0.25) is 0 Å². The largest absolute Gasteiger partial charge is 0.469 e. The first kappa shape index (κ1) is 12.1. The Labute approximate surface area is 79.5 Å². The highest BCUT2D eigenvalue weighted by Gasteiger charge is 2.15. The van der Waals surface area contributed by atoms with Crippen molar-refractivity contribution >= 4 is 11.8 Å². The number of hydrogen-bond acceptors (Lipinski definition) is 3. The van der Waals surface area contributed by atoms with E-state index in [-0.39, 0.29) is 24.1 Å². The molecule has 0 aromatic rings. The van der Waals surface area contributed by atoms with Gasteiger partial charge < -0.3 is 4.74 Å². The second-order valence-corrected chi connectivity index (χ2v) is 3.06. The minimum Gasteiger partial charge on any atom is -0.469 e. The minimum absolute atomic E-state index is 0.115. The number of ketones is 1. The standard InChI is InChI=1S/C10H18O3/c1-4-8(5-2)9(11)6-7-10(12)13-3/h8H,4-7H2,1-3H3. The molecule has 0 rings (SSSR count). The highest BCUT2D eigenvalue weighted by molar-refractivity contribution is 5.84. The number of ether oxygens (including phenoxy) is 1. The van der Waals surface area contributed by atoms with Gasteiger partial charge in [-0.25, -0.2) is 0 Å². The zero-order chi connectivity index (χ0) is 10.3. The van der Waals surface area contributed by atoms with Gasteiger partial charge in [0.15, 0.2) is 0 Å². The summed E-state index contributed by atoms with van der Waals surface area (Å²) < 4.78 is 4.46. The summed E-state index contributed by atoms with van der Waals surface area (Å²) in [4.78, 5) is 22.2. The van der Waals surface area contributed by atoms with E-state index in [1.165, 1.54) is 7.11 Å². The van der Waals surface area contributed by atoms with Crippen LogP contribution in [0.3, 0.4) is 0 Å². The Kier molecular flexibility index (Phi) is 6.20. The number of hydrogen-bond donors (Lipinski definition) is 0. The number of carbonyl (C=O) groups excluding carboxylic acids is 2. The van der Waals surface area contributed by atoms with Crippen molar-refractivity contribution in [3.8, 4) is 0 Å². The Bertz CT molecular complexity index is 171. The van der Waals surface area contributed by atoms with Crippen molar-refractivity contribution < 1.29 is 14.3 Å². The van der Waals surface area contributed by atoms with Gasteiger partial charge in [-0.15, -0.1) is 0 Å². The van der Waals surface area contributed by atoms with Crippen LogP contribution in [0.5, 0.6) is 0 Å². The summed E-state index contributed by atoms with van der Waals surface area (Å²) in [6.07, 6.45) is 2.25. The number of esters is 1.